The summed E-state index contributed by atoms with van der Waals surface area (Å²) in [6, 6.07) is 2.51. The minimum Gasteiger partial charge on any atom is -0.463 e. The highest BCUT2D eigenvalue weighted by atomic mass is 35.5. The van der Waals surface area contributed by atoms with Crippen molar-refractivity contribution in [3.63, 3.8) is 0 Å². The highest BCUT2D eigenvalue weighted by Crippen LogP contribution is 2.24. The van der Waals surface area contributed by atoms with E-state index >= 15 is 0 Å². The Morgan fingerprint density at radius 3 is 2.56 bits per heavy atom. The van der Waals surface area contributed by atoms with E-state index in [0.717, 1.165) is 0 Å². The number of nitrogens with zero attached hydrogens (tertiary/aromatic N) is 1. The molecule has 0 N–H and O–H groups in total. The van der Waals surface area contributed by atoms with Crippen LogP contribution in [0, 0.1) is 0 Å². The average Bonchev–Trinajstić information content (AvgIpc) is 2.29. The van der Waals surface area contributed by atoms with Crippen LogP contribution in [-0.4, -0.2) is 23.8 Å². The quantitative estimate of drug-likeness (QED) is 0.459. The van der Waals surface area contributed by atoms with Crippen LogP contribution in [0.3, 0.4) is 0 Å². The van der Waals surface area contributed by atoms with Crippen molar-refractivity contribution >= 4 is 24.7 Å². The fraction of sp³-hybridized carbons (Fsp3) is 0.300. The van der Waals surface area contributed by atoms with Crippen molar-refractivity contribution in [3.8, 4) is 0 Å². The number of halogens is 2. The maximum atomic E-state index is 14.0. The van der Waals surface area contributed by atoms with Crippen molar-refractivity contribution in [1.29, 1.82) is 0 Å². The number of aldehydes is 1. The van der Waals surface area contributed by atoms with Gasteiger partial charge in [0.05, 0.1) is 6.61 Å². The van der Waals surface area contributed by atoms with Crippen LogP contribution < -0.4 is 0 Å². The van der Waals surface area contributed by atoms with E-state index in [4.69, 9.17) is 0 Å². The first-order chi connectivity index (χ1) is 7.15. The average molecular weight is 248 g/mol. The molecule has 1 atom stereocenters. The summed E-state index contributed by atoms with van der Waals surface area (Å²) >= 11 is 0. The minimum atomic E-state index is -2.74. The Labute approximate surface area is 98.2 Å². The van der Waals surface area contributed by atoms with Gasteiger partial charge in [0.2, 0.25) is 0 Å². The first-order valence-electron chi connectivity index (χ1n) is 4.38. The fourth-order valence-electron chi connectivity index (χ4n) is 1.06. The van der Waals surface area contributed by atoms with Crippen LogP contribution in [0.1, 0.15) is 12.5 Å². The number of carbonyl (C=O) groups excluding carboxylic acids is 2. The van der Waals surface area contributed by atoms with Crippen molar-refractivity contribution in [2.75, 3.05) is 6.61 Å². The molecule has 0 saturated carbocycles. The molecule has 4 nitrogen and oxygen atoms in total. The second-order valence-corrected chi connectivity index (χ2v) is 2.79. The van der Waals surface area contributed by atoms with Crippen molar-refractivity contribution in [2.24, 2.45) is 0 Å². The van der Waals surface area contributed by atoms with Gasteiger partial charge in [-0.3, -0.25) is 9.78 Å². The third kappa shape index (κ3) is 2.76. The third-order valence-corrected chi connectivity index (χ3v) is 1.84. The van der Waals surface area contributed by atoms with Crippen molar-refractivity contribution in [1.82, 2.24) is 4.98 Å². The molecule has 1 aromatic rings. The Balaban J connectivity index is 0.00000225. The topological polar surface area (TPSA) is 56.3 Å². The summed E-state index contributed by atoms with van der Waals surface area (Å²) in [7, 11) is 0. The minimum absolute atomic E-state index is 0. The maximum absolute atomic E-state index is 14.0. The first-order valence-corrected chi connectivity index (χ1v) is 4.38. The number of aromatic nitrogens is 1. The molecule has 16 heavy (non-hydrogen) atoms. The summed E-state index contributed by atoms with van der Waals surface area (Å²) in [5.74, 6) is -1.20. The molecule has 0 aromatic carbocycles. The van der Waals surface area contributed by atoms with Gasteiger partial charge in [0.1, 0.15) is 0 Å². The second-order valence-electron chi connectivity index (χ2n) is 2.79. The highest BCUT2D eigenvalue weighted by molar-refractivity contribution is 5.97. The number of esters is 1. The molecule has 0 aliphatic heterocycles. The molecule has 0 amide bonds. The summed E-state index contributed by atoms with van der Waals surface area (Å²) < 4.78 is 18.5. The molecule has 0 aliphatic carbocycles. The summed E-state index contributed by atoms with van der Waals surface area (Å²) in [4.78, 5) is 25.6. The van der Waals surface area contributed by atoms with E-state index in [1.54, 1.807) is 0 Å². The van der Waals surface area contributed by atoms with Gasteiger partial charge < -0.3 is 4.74 Å². The van der Waals surface area contributed by atoms with Gasteiger partial charge in [-0.25, -0.2) is 9.18 Å². The Morgan fingerprint density at radius 2 is 2.12 bits per heavy atom. The van der Waals surface area contributed by atoms with Crippen LogP contribution in [0.2, 0.25) is 0 Å². The molecule has 1 aromatic heterocycles. The lowest BCUT2D eigenvalue weighted by atomic mass is 9.99. The summed E-state index contributed by atoms with van der Waals surface area (Å²) in [6.45, 7) is 1.55. The molecule has 1 heterocycles. The van der Waals surface area contributed by atoms with E-state index in [9.17, 15) is 14.0 Å². The van der Waals surface area contributed by atoms with E-state index < -0.39 is 11.6 Å². The number of alkyl halides is 1. The molecule has 0 fully saturated rings. The lowest BCUT2D eigenvalue weighted by molar-refractivity contribution is -0.159. The van der Waals surface area contributed by atoms with Gasteiger partial charge in [-0.05, 0) is 19.1 Å². The molecule has 88 valence electrons. The number of hydrogen-bond donors (Lipinski definition) is 0. The Kier molecular flexibility index (Phi) is 5.60. The lowest BCUT2D eigenvalue weighted by Gasteiger charge is -2.16. The molecule has 0 aliphatic rings. The van der Waals surface area contributed by atoms with E-state index in [-0.39, 0.29) is 30.9 Å². The Morgan fingerprint density at radius 1 is 1.56 bits per heavy atom. The summed E-state index contributed by atoms with van der Waals surface area (Å²) in [6.07, 6.45) is 2.53. The number of carbonyl (C=O) groups is 2. The molecular weight excluding hydrogens is 237 g/mol. The van der Waals surface area contributed by atoms with E-state index in [0.29, 0.717) is 0 Å². The van der Waals surface area contributed by atoms with E-state index in [1.807, 2.05) is 0 Å². The predicted octanol–water partition coefficient (Wildman–Crippen LogP) is 1.43. The van der Waals surface area contributed by atoms with Crippen LogP contribution in [0.5, 0.6) is 0 Å². The number of pyridine rings is 1. The first kappa shape index (κ1) is 14.5. The van der Waals surface area contributed by atoms with Crippen LogP contribution in [0.15, 0.2) is 24.5 Å². The van der Waals surface area contributed by atoms with Crippen LogP contribution in [0.25, 0.3) is 0 Å². The number of ether oxygens (including phenoxy) is 1. The normalized spacial score (nSPS) is 13.1. The van der Waals surface area contributed by atoms with Crippen LogP contribution >= 0.6 is 12.4 Å². The number of rotatable bonds is 4. The monoisotopic (exact) mass is 247 g/mol. The van der Waals surface area contributed by atoms with Crippen molar-refractivity contribution in [2.45, 2.75) is 12.6 Å². The zero-order valence-corrected chi connectivity index (χ0v) is 9.37. The van der Waals surface area contributed by atoms with Crippen molar-refractivity contribution < 1.29 is 18.7 Å². The molecular formula is C10H11ClFNO3. The number of hydrogen-bond acceptors (Lipinski definition) is 4. The van der Waals surface area contributed by atoms with E-state index in [2.05, 4.69) is 9.72 Å². The smallest absolute Gasteiger partial charge is 0.356 e. The van der Waals surface area contributed by atoms with Crippen LogP contribution in [0.4, 0.5) is 4.39 Å². The van der Waals surface area contributed by atoms with Gasteiger partial charge in [-0.15, -0.1) is 12.4 Å². The zero-order chi connectivity index (χ0) is 11.3. The van der Waals surface area contributed by atoms with Gasteiger partial charge in [0.25, 0.3) is 5.67 Å². The van der Waals surface area contributed by atoms with Gasteiger partial charge in [-0.2, -0.15) is 0 Å². The SMILES string of the molecule is CCOC(=O)C(F)(C=O)c1ccncc1.Cl. The summed E-state index contributed by atoms with van der Waals surface area (Å²) in [5.41, 5.74) is -2.81. The molecule has 1 unspecified atom stereocenters. The van der Waals surface area contributed by atoms with Gasteiger partial charge in [0, 0.05) is 18.0 Å². The standard InChI is InChI=1S/C10H10FNO3.ClH/c1-2-15-9(14)10(11,7-13)8-3-5-12-6-4-8;/h3-7H,2H2,1H3;1H. The lowest BCUT2D eigenvalue weighted by Crippen LogP contribution is -2.34. The highest BCUT2D eigenvalue weighted by Gasteiger charge is 2.42. The van der Waals surface area contributed by atoms with Gasteiger partial charge in [-0.1, -0.05) is 0 Å². The Bertz CT molecular complexity index is 360. The van der Waals surface area contributed by atoms with Crippen LogP contribution in [-0.2, 0) is 20.0 Å². The molecule has 0 radical (unpaired) electrons. The maximum Gasteiger partial charge on any atom is 0.356 e. The van der Waals surface area contributed by atoms with Gasteiger partial charge >= 0.3 is 5.97 Å². The predicted molar refractivity (Wildman–Crippen MR) is 57.0 cm³/mol. The molecule has 0 bridgehead atoms. The van der Waals surface area contributed by atoms with E-state index in [1.165, 1.54) is 31.5 Å². The second kappa shape index (κ2) is 6.17. The zero-order valence-electron chi connectivity index (χ0n) is 8.55. The molecule has 0 spiro atoms. The largest absolute Gasteiger partial charge is 0.463 e. The fourth-order valence-corrected chi connectivity index (χ4v) is 1.06. The molecule has 6 heteroatoms. The van der Waals surface area contributed by atoms with Gasteiger partial charge in [0.15, 0.2) is 6.29 Å². The third-order valence-electron chi connectivity index (χ3n) is 1.84. The summed E-state index contributed by atoms with van der Waals surface area (Å²) in [5, 5.41) is 0. The molecule has 0 saturated heterocycles. The molecule has 1 rings (SSSR count). The Hall–Kier alpha value is -1.49. The van der Waals surface area contributed by atoms with Crippen molar-refractivity contribution in [3.05, 3.63) is 30.1 Å².